The molecule has 55 heavy (non-hydrogen) atoms. The molecule has 0 amide bonds. The number of benzene rings is 1. The van der Waals surface area contributed by atoms with Gasteiger partial charge in [0.05, 0.1) is 26.9 Å². The lowest BCUT2D eigenvalue weighted by Crippen LogP contribution is -2.19. The summed E-state index contributed by atoms with van der Waals surface area (Å²) in [5, 5.41) is 23.9. The summed E-state index contributed by atoms with van der Waals surface area (Å²) in [6.45, 7) is 12.0. The van der Waals surface area contributed by atoms with Crippen molar-refractivity contribution in [2.45, 2.75) is 49.0 Å². The summed E-state index contributed by atoms with van der Waals surface area (Å²) in [6.07, 6.45) is 4.30. The second-order valence-electron chi connectivity index (χ2n) is 7.96. The van der Waals surface area contributed by atoms with Gasteiger partial charge in [-0.2, -0.15) is 0 Å². The SMILES string of the molecule is C.CC.CC.CC.CN=[N+]=[N-].CN=[N+]=[N-].CN=[N+]=[N-].O=c1[nH][nH]c(=O)c2ccccc12.O=c1[nH][nH]c(=O)c2cnccc12.O=c1[nH][nH]c(=O)c2ncccc12. The van der Waals surface area contributed by atoms with Crippen LogP contribution in [0.5, 0.6) is 0 Å². The van der Waals surface area contributed by atoms with Crippen molar-refractivity contribution in [1.82, 2.24) is 40.6 Å². The van der Waals surface area contributed by atoms with Gasteiger partial charge < -0.3 is 0 Å². The largest absolute Gasteiger partial charge is 0.289 e. The van der Waals surface area contributed by atoms with Gasteiger partial charge in [0.25, 0.3) is 33.4 Å². The van der Waals surface area contributed by atoms with Gasteiger partial charge in [-0.05, 0) is 46.9 Å². The average molecular weight is 766 g/mol. The zero-order chi connectivity index (χ0) is 41.9. The molecule has 5 heterocycles. The van der Waals surface area contributed by atoms with Crippen molar-refractivity contribution in [3.05, 3.63) is 155 Å². The Kier molecular flexibility index (Phi) is 34.1. The molecule has 0 saturated heterocycles. The molecule has 0 fully saturated rings. The topological polar surface area (TPSA) is 369 Å². The van der Waals surface area contributed by atoms with E-state index in [0.29, 0.717) is 26.9 Å². The molecule has 0 saturated carbocycles. The highest BCUT2D eigenvalue weighted by Gasteiger charge is 2.01. The molecule has 23 heteroatoms. The minimum atomic E-state index is -0.384. The van der Waals surface area contributed by atoms with E-state index in [1.807, 2.05) is 41.5 Å². The number of azide groups is 3. The Labute approximate surface area is 312 Å². The molecular weight excluding hydrogens is 718 g/mol. The molecule has 1 aromatic carbocycles. The smallest absolute Gasteiger partial charge is 0.267 e. The number of hydrogen-bond donors (Lipinski definition) is 6. The average Bonchev–Trinajstić information content (AvgIpc) is 3.25. The molecule has 6 N–H and O–H groups in total. The van der Waals surface area contributed by atoms with Crippen LogP contribution in [0.2, 0.25) is 0 Å². The van der Waals surface area contributed by atoms with Crippen LogP contribution in [0.1, 0.15) is 49.0 Å². The maximum atomic E-state index is 11.1. The van der Waals surface area contributed by atoms with Crippen molar-refractivity contribution in [3.8, 4) is 0 Å². The highest BCUT2D eigenvalue weighted by atomic mass is 16.2. The van der Waals surface area contributed by atoms with Gasteiger partial charge in [0, 0.05) is 54.5 Å². The number of rotatable bonds is 0. The van der Waals surface area contributed by atoms with Crippen LogP contribution in [0.25, 0.3) is 63.8 Å². The number of nitrogens with zero attached hydrogens (tertiary/aromatic N) is 11. The van der Waals surface area contributed by atoms with Crippen LogP contribution < -0.4 is 33.4 Å². The van der Waals surface area contributed by atoms with E-state index in [9.17, 15) is 28.8 Å². The van der Waals surface area contributed by atoms with E-state index in [4.69, 9.17) is 16.6 Å². The summed E-state index contributed by atoms with van der Waals surface area (Å²) in [5.74, 6) is 0. The fourth-order valence-corrected chi connectivity index (χ4v) is 3.16. The van der Waals surface area contributed by atoms with E-state index < -0.39 is 0 Å². The third kappa shape index (κ3) is 20.0. The van der Waals surface area contributed by atoms with Gasteiger partial charge in [-0.25, -0.2) is 0 Å². The maximum absolute atomic E-state index is 11.1. The minimum Gasteiger partial charge on any atom is -0.267 e. The summed E-state index contributed by atoms with van der Waals surface area (Å²) in [6, 6.07) is 11.3. The summed E-state index contributed by atoms with van der Waals surface area (Å²) in [4.78, 5) is 81.1. The first-order valence-corrected chi connectivity index (χ1v) is 15.7. The van der Waals surface area contributed by atoms with Gasteiger partial charge in [-0.3, -0.25) is 69.3 Å². The van der Waals surface area contributed by atoms with E-state index in [1.54, 1.807) is 36.4 Å². The first kappa shape index (κ1) is 54.1. The van der Waals surface area contributed by atoms with Crippen LogP contribution in [-0.2, 0) is 0 Å². The molecule has 5 aromatic heterocycles. The third-order valence-electron chi connectivity index (χ3n) is 5.13. The van der Waals surface area contributed by atoms with Crippen LogP contribution in [0, 0.1) is 0 Å². The van der Waals surface area contributed by atoms with Crippen molar-refractivity contribution in [1.29, 1.82) is 0 Å². The number of nitrogens with one attached hydrogen (secondary N) is 6. The van der Waals surface area contributed by atoms with Crippen molar-refractivity contribution >= 4 is 32.4 Å². The summed E-state index contributed by atoms with van der Waals surface area (Å²) >= 11 is 0. The summed E-state index contributed by atoms with van der Waals surface area (Å²) in [7, 11) is 4.17. The number of fused-ring (bicyclic) bond motifs is 3. The van der Waals surface area contributed by atoms with Gasteiger partial charge in [-0.15, -0.1) is 0 Å². The predicted octanol–water partition coefficient (Wildman–Crippen LogP) is 5.93. The fourth-order valence-electron chi connectivity index (χ4n) is 3.16. The monoisotopic (exact) mass is 765 g/mol. The molecule has 6 aromatic rings. The second-order valence-corrected chi connectivity index (χ2v) is 7.96. The molecule has 0 unspecified atom stereocenters. The third-order valence-corrected chi connectivity index (χ3v) is 5.13. The normalized spacial score (nSPS) is 8.02. The van der Waals surface area contributed by atoms with Crippen LogP contribution in [0.3, 0.4) is 0 Å². The van der Waals surface area contributed by atoms with Crippen LogP contribution in [0.4, 0.5) is 0 Å². The number of hydrogen-bond acceptors (Lipinski definition) is 11. The van der Waals surface area contributed by atoms with Gasteiger partial charge in [-0.1, -0.05) is 76.4 Å². The quantitative estimate of drug-likeness (QED) is 0.0609. The van der Waals surface area contributed by atoms with E-state index in [0.717, 1.165) is 0 Å². The van der Waals surface area contributed by atoms with Crippen LogP contribution >= 0.6 is 0 Å². The summed E-state index contributed by atoms with van der Waals surface area (Å²) in [5.41, 5.74) is 20.3. The Hall–Kier alpha value is -7.73. The van der Waals surface area contributed by atoms with Crippen LogP contribution in [-0.4, -0.2) is 61.7 Å². The zero-order valence-electron chi connectivity index (χ0n) is 31.1. The van der Waals surface area contributed by atoms with Crippen LogP contribution in [0.15, 0.2) is 105 Å². The molecule has 0 aliphatic heterocycles. The second kappa shape index (κ2) is 34.7. The van der Waals surface area contributed by atoms with E-state index in [-0.39, 0.29) is 46.3 Å². The molecule has 0 aliphatic rings. The Morgan fingerprint density at radius 3 is 1.13 bits per heavy atom. The molecule has 0 aliphatic carbocycles. The predicted molar refractivity (Wildman–Crippen MR) is 217 cm³/mol. The van der Waals surface area contributed by atoms with Crippen molar-refractivity contribution in [3.63, 3.8) is 0 Å². The molecule has 0 spiro atoms. The Morgan fingerprint density at radius 1 is 0.473 bits per heavy atom. The lowest BCUT2D eigenvalue weighted by atomic mass is 10.2. The highest BCUT2D eigenvalue weighted by molar-refractivity contribution is 5.80. The number of H-pyrrole nitrogens is 6. The molecule has 6 rings (SSSR count). The van der Waals surface area contributed by atoms with Gasteiger partial charge in [0.2, 0.25) is 0 Å². The first-order chi connectivity index (χ1) is 26.1. The maximum Gasteiger partial charge on any atom is 0.289 e. The number of aromatic amines is 6. The number of pyridine rings is 2. The Morgan fingerprint density at radius 2 is 0.782 bits per heavy atom. The molecule has 296 valence electrons. The minimum absolute atomic E-state index is 0. The highest BCUT2D eigenvalue weighted by Crippen LogP contribution is 2.01. The number of aromatic nitrogens is 8. The van der Waals surface area contributed by atoms with E-state index in [2.05, 4.69) is 70.6 Å². The van der Waals surface area contributed by atoms with Crippen molar-refractivity contribution < 1.29 is 0 Å². The summed E-state index contributed by atoms with van der Waals surface area (Å²) < 4.78 is 0. The van der Waals surface area contributed by atoms with E-state index >= 15 is 0 Å². The Bertz CT molecular complexity index is 2040. The fraction of sp³-hybridized carbons (Fsp3) is 0.312. The standard InChI is InChI=1S/C8H6N2O2.2C7H5N3O2.3C2H6.3CH3N3.CH4/c11-7-5-3-1-2-4-6(5)8(12)10-9-7;11-6-4-1-2-8-3-5(4)7(12)10-9-6;11-6-4-2-1-3-8-5(4)7(12)10-9-6;3*1-2;3*1-3-4-2;/h1-4H,(H,9,11)(H,10,12);2*1-3H,(H,9,11)(H,10,12);3*1-2H3;3*1H3;1H4. The lowest BCUT2D eigenvalue weighted by molar-refractivity contribution is 0.969. The molecule has 23 nitrogen and oxygen atoms in total. The van der Waals surface area contributed by atoms with Gasteiger partial charge in [0.15, 0.2) is 0 Å². The van der Waals surface area contributed by atoms with Gasteiger partial charge >= 0.3 is 0 Å². The van der Waals surface area contributed by atoms with E-state index in [1.165, 1.54) is 45.8 Å². The Balaban J connectivity index is -0.000000291. The molecule has 0 atom stereocenters. The van der Waals surface area contributed by atoms with Crippen molar-refractivity contribution in [2.75, 3.05) is 21.1 Å². The lowest BCUT2D eigenvalue weighted by Gasteiger charge is -1.92. The molecule has 0 bridgehead atoms. The van der Waals surface area contributed by atoms with Crippen molar-refractivity contribution in [2.24, 2.45) is 15.3 Å². The molecule has 0 radical (unpaired) electrons. The zero-order valence-corrected chi connectivity index (χ0v) is 31.1. The molecular formula is C32H47N17O6. The van der Waals surface area contributed by atoms with Gasteiger partial charge in [0.1, 0.15) is 5.52 Å². The first-order valence-electron chi connectivity index (χ1n) is 15.7.